The fourth-order valence-electron chi connectivity index (χ4n) is 2.29. The van der Waals surface area contributed by atoms with Gasteiger partial charge < -0.3 is 5.11 Å². The van der Waals surface area contributed by atoms with Gasteiger partial charge >= 0.3 is 0 Å². The molecule has 1 aromatic carbocycles. The molecule has 0 saturated carbocycles. The number of thioether (sulfide) groups is 1. The lowest BCUT2D eigenvalue weighted by molar-refractivity contribution is 0.281. The highest BCUT2D eigenvalue weighted by molar-refractivity contribution is 7.99. The Morgan fingerprint density at radius 1 is 1.45 bits per heavy atom. The number of hydrogen-bond acceptors (Lipinski definition) is 4. The first kappa shape index (κ1) is 15.8. The molecule has 2 N–H and O–H groups in total. The van der Waals surface area contributed by atoms with E-state index in [0.717, 1.165) is 23.5 Å². The first-order valence-corrected chi connectivity index (χ1v) is 9.50. The van der Waals surface area contributed by atoms with Crippen LogP contribution in [-0.4, -0.2) is 31.6 Å². The Morgan fingerprint density at radius 3 is 2.85 bits per heavy atom. The number of aliphatic hydroxyl groups is 1. The maximum Gasteiger partial charge on any atom is 0.240 e. The van der Waals surface area contributed by atoms with Gasteiger partial charge in [0, 0.05) is 6.54 Å². The van der Waals surface area contributed by atoms with Gasteiger partial charge in [0.05, 0.1) is 11.5 Å². The van der Waals surface area contributed by atoms with Gasteiger partial charge in [-0.2, -0.15) is 11.8 Å². The van der Waals surface area contributed by atoms with E-state index in [-0.39, 0.29) is 6.61 Å². The quantitative estimate of drug-likeness (QED) is 0.840. The topological polar surface area (TPSA) is 66.4 Å². The summed E-state index contributed by atoms with van der Waals surface area (Å²) in [5.41, 5.74) is 1.41. The van der Waals surface area contributed by atoms with E-state index in [9.17, 15) is 13.5 Å². The van der Waals surface area contributed by atoms with E-state index in [1.54, 1.807) is 18.2 Å². The van der Waals surface area contributed by atoms with Crippen molar-refractivity contribution < 1.29 is 13.5 Å². The van der Waals surface area contributed by atoms with Crippen molar-refractivity contribution in [3.05, 3.63) is 29.3 Å². The Morgan fingerprint density at radius 2 is 2.25 bits per heavy atom. The molecule has 1 heterocycles. The number of sulfonamides is 1. The van der Waals surface area contributed by atoms with Gasteiger partial charge in [-0.05, 0) is 47.5 Å². The van der Waals surface area contributed by atoms with E-state index in [4.69, 9.17) is 0 Å². The second-order valence-electron chi connectivity index (χ2n) is 5.04. The van der Waals surface area contributed by atoms with Crippen molar-refractivity contribution in [2.75, 3.05) is 18.1 Å². The van der Waals surface area contributed by atoms with E-state index in [1.807, 2.05) is 18.7 Å². The second-order valence-corrected chi connectivity index (χ2v) is 7.92. The Bertz CT molecular complexity index is 552. The molecule has 0 aliphatic carbocycles. The zero-order chi connectivity index (χ0) is 14.6. The molecule has 1 atom stereocenters. The third kappa shape index (κ3) is 3.75. The molecule has 2 rings (SSSR count). The summed E-state index contributed by atoms with van der Waals surface area (Å²) >= 11 is 1.87. The average Bonchev–Trinajstić information content (AvgIpc) is 2.98. The van der Waals surface area contributed by atoms with Gasteiger partial charge in [0.2, 0.25) is 10.0 Å². The van der Waals surface area contributed by atoms with Crippen molar-refractivity contribution in [3.63, 3.8) is 0 Å². The van der Waals surface area contributed by atoms with Crippen molar-refractivity contribution in [1.82, 2.24) is 4.72 Å². The summed E-state index contributed by atoms with van der Waals surface area (Å²) in [5, 5.41) is 9.18. The fourth-order valence-corrected chi connectivity index (χ4v) is 5.05. The molecular weight excluding hydrogens is 294 g/mol. The highest BCUT2D eigenvalue weighted by atomic mass is 32.2. The lowest BCUT2D eigenvalue weighted by Gasteiger charge is -2.14. The SMILES string of the molecule is CCc1ccc(CO)cc1S(=O)(=O)NCC1CCSC1. The molecular formula is C14H21NO3S2. The lowest BCUT2D eigenvalue weighted by Crippen LogP contribution is -2.30. The molecule has 6 heteroatoms. The molecule has 0 aromatic heterocycles. The number of nitrogens with one attached hydrogen (secondary N) is 1. The summed E-state index contributed by atoms with van der Waals surface area (Å²) in [6, 6.07) is 5.13. The first-order chi connectivity index (χ1) is 9.56. The van der Waals surface area contributed by atoms with Crippen molar-refractivity contribution in [3.8, 4) is 0 Å². The third-order valence-corrected chi connectivity index (χ3v) is 6.31. The summed E-state index contributed by atoms with van der Waals surface area (Å²) in [6.07, 6.45) is 1.73. The summed E-state index contributed by atoms with van der Waals surface area (Å²) in [7, 11) is -3.49. The molecule has 4 nitrogen and oxygen atoms in total. The van der Waals surface area contributed by atoms with Gasteiger partial charge in [0.25, 0.3) is 0 Å². The summed E-state index contributed by atoms with van der Waals surface area (Å²) < 4.78 is 27.6. The first-order valence-electron chi connectivity index (χ1n) is 6.87. The minimum absolute atomic E-state index is 0.147. The molecule has 1 saturated heterocycles. The van der Waals surface area contributed by atoms with Gasteiger partial charge in [0.1, 0.15) is 0 Å². The zero-order valence-electron chi connectivity index (χ0n) is 11.6. The van der Waals surface area contributed by atoms with Crippen LogP contribution < -0.4 is 4.72 Å². The van der Waals surface area contributed by atoms with Crippen LogP contribution in [0, 0.1) is 5.92 Å². The van der Waals surface area contributed by atoms with E-state index in [2.05, 4.69) is 4.72 Å². The van der Waals surface area contributed by atoms with Crippen LogP contribution in [0.5, 0.6) is 0 Å². The van der Waals surface area contributed by atoms with E-state index >= 15 is 0 Å². The van der Waals surface area contributed by atoms with Gasteiger partial charge in [-0.15, -0.1) is 0 Å². The van der Waals surface area contributed by atoms with Crippen LogP contribution in [0.25, 0.3) is 0 Å². The van der Waals surface area contributed by atoms with Crippen LogP contribution in [0.2, 0.25) is 0 Å². The predicted octanol–water partition coefficient (Wildman–Crippen LogP) is 1.77. The highest BCUT2D eigenvalue weighted by Crippen LogP contribution is 2.24. The highest BCUT2D eigenvalue weighted by Gasteiger charge is 2.22. The van der Waals surface area contributed by atoms with Gasteiger partial charge in [0.15, 0.2) is 0 Å². The smallest absolute Gasteiger partial charge is 0.240 e. The maximum atomic E-state index is 12.4. The summed E-state index contributed by atoms with van der Waals surface area (Å²) in [5.74, 6) is 2.58. The average molecular weight is 315 g/mol. The predicted molar refractivity (Wildman–Crippen MR) is 82.4 cm³/mol. The largest absolute Gasteiger partial charge is 0.392 e. The summed E-state index contributed by atoms with van der Waals surface area (Å²) in [4.78, 5) is 0.303. The Hall–Kier alpha value is -0.560. The lowest BCUT2D eigenvalue weighted by atomic mass is 10.1. The van der Waals surface area contributed by atoms with Crippen LogP contribution >= 0.6 is 11.8 Å². The molecule has 0 radical (unpaired) electrons. The molecule has 1 unspecified atom stereocenters. The molecule has 0 bridgehead atoms. The third-order valence-electron chi connectivity index (χ3n) is 3.57. The Balaban J connectivity index is 2.18. The number of hydrogen-bond donors (Lipinski definition) is 2. The van der Waals surface area contributed by atoms with Crippen LogP contribution in [0.4, 0.5) is 0 Å². The molecule has 1 aromatic rings. The van der Waals surface area contributed by atoms with Crippen molar-refractivity contribution in [1.29, 1.82) is 0 Å². The number of rotatable bonds is 6. The van der Waals surface area contributed by atoms with Crippen LogP contribution in [-0.2, 0) is 23.1 Å². The zero-order valence-corrected chi connectivity index (χ0v) is 13.3. The Labute approximate surface area is 125 Å². The molecule has 1 aliphatic rings. The van der Waals surface area contributed by atoms with Crippen LogP contribution in [0.1, 0.15) is 24.5 Å². The van der Waals surface area contributed by atoms with Crippen LogP contribution in [0.15, 0.2) is 23.1 Å². The number of aliphatic hydroxyl groups excluding tert-OH is 1. The molecule has 0 amide bonds. The second kappa shape index (κ2) is 6.93. The molecule has 0 spiro atoms. The monoisotopic (exact) mass is 315 g/mol. The molecule has 20 heavy (non-hydrogen) atoms. The fraction of sp³-hybridized carbons (Fsp3) is 0.571. The van der Waals surface area contributed by atoms with Crippen molar-refractivity contribution in [2.45, 2.75) is 31.3 Å². The van der Waals surface area contributed by atoms with Gasteiger partial charge in [-0.1, -0.05) is 19.1 Å². The standard InChI is InChI=1S/C14H21NO3S2/c1-2-13-4-3-11(9-16)7-14(13)20(17,18)15-8-12-5-6-19-10-12/h3-4,7,12,15-16H,2,5-6,8-10H2,1H3. The van der Waals surface area contributed by atoms with Gasteiger partial charge in [-0.3, -0.25) is 0 Å². The summed E-state index contributed by atoms with van der Waals surface area (Å²) in [6.45, 7) is 2.29. The number of aryl methyl sites for hydroxylation is 1. The van der Waals surface area contributed by atoms with Crippen LogP contribution in [0.3, 0.4) is 0 Å². The maximum absolute atomic E-state index is 12.4. The van der Waals surface area contributed by atoms with Gasteiger partial charge in [-0.25, -0.2) is 13.1 Å². The van der Waals surface area contributed by atoms with E-state index in [1.165, 1.54) is 0 Å². The molecule has 1 aliphatic heterocycles. The van der Waals surface area contributed by atoms with E-state index < -0.39 is 10.0 Å². The van der Waals surface area contributed by atoms with E-state index in [0.29, 0.717) is 29.3 Å². The van der Waals surface area contributed by atoms with Crippen molar-refractivity contribution in [2.24, 2.45) is 5.92 Å². The minimum Gasteiger partial charge on any atom is -0.392 e. The number of benzene rings is 1. The molecule has 112 valence electrons. The normalized spacial score (nSPS) is 19.4. The Kier molecular flexibility index (Phi) is 5.49. The minimum atomic E-state index is -3.49. The van der Waals surface area contributed by atoms with Crippen molar-refractivity contribution >= 4 is 21.8 Å². The molecule has 1 fully saturated rings.